The molecule has 2 rings (SSSR count). The van der Waals surface area contributed by atoms with Crippen LogP contribution in [0.3, 0.4) is 0 Å². The molecule has 0 N–H and O–H groups in total. The van der Waals surface area contributed by atoms with Gasteiger partial charge in [-0.25, -0.2) is 0 Å². The summed E-state index contributed by atoms with van der Waals surface area (Å²) in [6.07, 6.45) is 5.45. The molecular weight excluding hydrogens is 211 g/mol. The second-order valence-corrected chi connectivity index (χ2v) is 5.80. The van der Waals surface area contributed by atoms with Gasteiger partial charge in [-0.1, -0.05) is 57.4 Å². The van der Waals surface area contributed by atoms with E-state index in [2.05, 4.69) is 43.9 Å². The van der Waals surface area contributed by atoms with Gasteiger partial charge in [0.2, 0.25) is 0 Å². The van der Waals surface area contributed by atoms with Crippen molar-refractivity contribution in [1.82, 2.24) is 0 Å². The number of fused-ring (bicyclic) bond motifs is 1. The number of unbranched alkanes of at least 4 members (excludes halogenated alkanes) is 2. The minimum absolute atomic E-state index is 0.768. The van der Waals surface area contributed by atoms with E-state index in [0.717, 1.165) is 14.1 Å². The predicted octanol–water partition coefficient (Wildman–Crippen LogP) is 5.55. The molecule has 2 aromatic rings. The Bertz CT molecular complexity index is 441. The maximum atomic E-state index is 2.40. The maximum Gasteiger partial charge on any atom is -0.0109 e. The minimum Gasteiger partial charge on any atom is -0.135 e. The topological polar surface area (TPSA) is 0 Å². The molecule has 0 aliphatic rings. The van der Waals surface area contributed by atoms with E-state index in [1.165, 1.54) is 36.5 Å². The Morgan fingerprint density at radius 1 is 1.19 bits per heavy atom. The summed E-state index contributed by atoms with van der Waals surface area (Å²) in [6.45, 7) is 4.67. The summed E-state index contributed by atoms with van der Waals surface area (Å²) in [5.41, 5.74) is 0. The lowest BCUT2D eigenvalue weighted by atomic mass is 9.99. The van der Waals surface area contributed by atoms with Crippen molar-refractivity contribution in [1.29, 1.82) is 0 Å². The molecule has 86 valence electrons. The molecule has 2 unspecified atom stereocenters. The van der Waals surface area contributed by atoms with Crippen LogP contribution in [0.2, 0.25) is 0 Å². The van der Waals surface area contributed by atoms with Gasteiger partial charge in [0.15, 0.2) is 0 Å². The van der Waals surface area contributed by atoms with Crippen LogP contribution in [0, 0.1) is 0 Å². The van der Waals surface area contributed by atoms with Gasteiger partial charge in [0.25, 0.3) is 0 Å². The van der Waals surface area contributed by atoms with Crippen molar-refractivity contribution in [3.63, 3.8) is 0 Å². The van der Waals surface area contributed by atoms with Gasteiger partial charge in [-0.3, -0.25) is 0 Å². The second kappa shape index (κ2) is 5.55. The number of benzene rings is 1. The zero-order valence-electron chi connectivity index (χ0n) is 10.3. The van der Waals surface area contributed by atoms with Crippen LogP contribution in [0.4, 0.5) is 0 Å². The normalized spacial score (nSPS) is 13.6. The first kappa shape index (κ1) is 11.7. The third-order valence-electron chi connectivity index (χ3n) is 3.37. The van der Waals surface area contributed by atoms with Gasteiger partial charge in [-0.2, -0.15) is 0 Å². The highest BCUT2D eigenvalue weighted by molar-refractivity contribution is 7.31. The number of rotatable bonds is 5. The van der Waals surface area contributed by atoms with Gasteiger partial charge in [0.05, 0.1) is 0 Å². The van der Waals surface area contributed by atoms with E-state index in [-0.39, 0.29) is 0 Å². The standard InChI is InChI=1S/C15H21P/c1-3-4-5-8-12(2)15-14-10-7-6-9-13(14)11-16-15/h6-7,9-12,16H,3-5,8H2,1-2H3. The van der Waals surface area contributed by atoms with Crippen LogP contribution in [-0.2, 0) is 0 Å². The lowest BCUT2D eigenvalue weighted by Crippen LogP contribution is -1.90. The van der Waals surface area contributed by atoms with E-state index in [1.54, 1.807) is 5.30 Å². The van der Waals surface area contributed by atoms with E-state index in [4.69, 9.17) is 0 Å². The Morgan fingerprint density at radius 3 is 2.81 bits per heavy atom. The minimum atomic E-state index is 0.768. The zero-order valence-corrected chi connectivity index (χ0v) is 11.3. The summed E-state index contributed by atoms with van der Waals surface area (Å²) >= 11 is 0. The second-order valence-electron chi connectivity index (χ2n) is 4.69. The van der Waals surface area contributed by atoms with Crippen LogP contribution < -0.4 is 0 Å². The molecule has 0 saturated heterocycles. The van der Waals surface area contributed by atoms with Gasteiger partial charge in [-0.05, 0) is 34.2 Å². The summed E-state index contributed by atoms with van der Waals surface area (Å²) in [7, 11) is 0.921. The van der Waals surface area contributed by atoms with Gasteiger partial charge in [-0.15, -0.1) is 8.19 Å². The van der Waals surface area contributed by atoms with Gasteiger partial charge in [0, 0.05) is 0 Å². The third-order valence-corrected chi connectivity index (χ3v) is 4.90. The average Bonchev–Trinajstić information content (AvgIpc) is 2.73. The van der Waals surface area contributed by atoms with E-state index < -0.39 is 0 Å². The van der Waals surface area contributed by atoms with E-state index in [9.17, 15) is 0 Å². The highest BCUT2D eigenvalue weighted by Gasteiger charge is 2.09. The molecule has 0 fully saturated rings. The summed E-state index contributed by atoms with van der Waals surface area (Å²) in [6, 6.07) is 8.84. The van der Waals surface area contributed by atoms with Crippen LogP contribution in [0.5, 0.6) is 0 Å². The van der Waals surface area contributed by atoms with Crippen LogP contribution in [-0.4, -0.2) is 0 Å². The lowest BCUT2D eigenvalue weighted by Gasteiger charge is -2.10. The monoisotopic (exact) mass is 232 g/mol. The third kappa shape index (κ3) is 2.50. The smallest absolute Gasteiger partial charge is 0.0109 e. The lowest BCUT2D eigenvalue weighted by molar-refractivity contribution is 0.606. The fourth-order valence-electron chi connectivity index (χ4n) is 2.35. The van der Waals surface area contributed by atoms with E-state index in [1.807, 2.05) is 0 Å². The fraction of sp³-hybridized carbons (Fsp3) is 0.467. The van der Waals surface area contributed by atoms with E-state index in [0.29, 0.717) is 0 Å². The summed E-state index contributed by atoms with van der Waals surface area (Å²) in [5.74, 6) is 3.17. The van der Waals surface area contributed by atoms with Crippen molar-refractivity contribution >= 4 is 19.0 Å². The Morgan fingerprint density at radius 2 is 2.00 bits per heavy atom. The molecule has 1 aromatic carbocycles. The molecule has 1 heterocycles. The van der Waals surface area contributed by atoms with E-state index >= 15 is 0 Å². The van der Waals surface area contributed by atoms with Crippen molar-refractivity contribution in [2.75, 3.05) is 0 Å². The summed E-state index contributed by atoms with van der Waals surface area (Å²) < 4.78 is 0. The largest absolute Gasteiger partial charge is 0.135 e. The molecule has 16 heavy (non-hydrogen) atoms. The molecule has 1 heteroatoms. The molecule has 0 radical (unpaired) electrons. The van der Waals surface area contributed by atoms with Crippen molar-refractivity contribution in [3.8, 4) is 0 Å². The van der Waals surface area contributed by atoms with Crippen LogP contribution in [0.25, 0.3) is 10.8 Å². The molecule has 0 nitrogen and oxygen atoms in total. The molecule has 0 saturated carbocycles. The average molecular weight is 232 g/mol. The summed E-state index contributed by atoms with van der Waals surface area (Å²) in [4.78, 5) is 0. The van der Waals surface area contributed by atoms with Gasteiger partial charge in [0.1, 0.15) is 0 Å². The molecule has 0 aliphatic heterocycles. The molecule has 2 atom stereocenters. The highest BCUT2D eigenvalue weighted by Crippen LogP contribution is 2.37. The first-order valence-corrected chi connectivity index (χ1v) is 7.46. The number of hydrogen-bond donors (Lipinski definition) is 0. The molecule has 0 amide bonds. The fourth-order valence-corrected chi connectivity index (χ4v) is 3.73. The Labute approximate surface area is 100 Å². The first-order valence-electron chi connectivity index (χ1n) is 6.39. The van der Waals surface area contributed by atoms with Gasteiger partial charge < -0.3 is 0 Å². The predicted molar refractivity (Wildman–Crippen MR) is 76.0 cm³/mol. The van der Waals surface area contributed by atoms with Crippen molar-refractivity contribution < 1.29 is 0 Å². The van der Waals surface area contributed by atoms with Crippen LogP contribution in [0.15, 0.2) is 30.1 Å². The molecule has 0 aliphatic carbocycles. The van der Waals surface area contributed by atoms with Crippen molar-refractivity contribution in [2.45, 2.75) is 45.4 Å². The van der Waals surface area contributed by atoms with Crippen LogP contribution >= 0.6 is 8.19 Å². The Balaban J connectivity index is 2.13. The zero-order chi connectivity index (χ0) is 11.4. The maximum absolute atomic E-state index is 2.40. The Hall–Kier alpha value is -0.740. The molecule has 0 bridgehead atoms. The van der Waals surface area contributed by atoms with Gasteiger partial charge >= 0.3 is 0 Å². The quantitative estimate of drug-likeness (QED) is 0.592. The van der Waals surface area contributed by atoms with Crippen LogP contribution in [0.1, 0.15) is 50.7 Å². The molecule has 0 spiro atoms. The van der Waals surface area contributed by atoms with Crippen molar-refractivity contribution in [3.05, 3.63) is 35.4 Å². The molecule has 1 aromatic heterocycles. The highest BCUT2D eigenvalue weighted by atomic mass is 31.0. The Kier molecular flexibility index (Phi) is 4.07. The number of hydrogen-bond acceptors (Lipinski definition) is 0. The SMILES string of the molecule is CCCCCC(C)c1[pH]cc2ccccc12. The van der Waals surface area contributed by atoms with Crippen molar-refractivity contribution in [2.24, 2.45) is 0 Å². The molecular formula is C15H21P. The summed E-state index contributed by atoms with van der Waals surface area (Å²) in [5, 5.41) is 4.66. The first-order chi connectivity index (χ1) is 7.83.